The molecule has 0 aromatic rings. The number of hydrogen-bond acceptors (Lipinski definition) is 3. The van der Waals surface area contributed by atoms with Crippen LogP contribution in [0.4, 0.5) is 4.79 Å². The lowest BCUT2D eigenvalue weighted by Gasteiger charge is -2.36. The van der Waals surface area contributed by atoms with Crippen LogP contribution >= 0.6 is 0 Å². The average Bonchev–Trinajstić information content (AvgIpc) is 2.26. The third kappa shape index (κ3) is 4.36. The number of carbonyl (C=O) groups is 2. The first-order chi connectivity index (χ1) is 7.85. The Kier molecular flexibility index (Phi) is 4.54. The van der Waals surface area contributed by atoms with Crippen molar-refractivity contribution in [3.05, 3.63) is 0 Å². The zero-order valence-corrected chi connectivity index (χ0v) is 11.2. The molecule has 0 N–H and O–H groups in total. The maximum absolute atomic E-state index is 11.9. The highest BCUT2D eigenvalue weighted by atomic mass is 16.6. The largest absolute Gasteiger partial charge is 0.444 e. The van der Waals surface area contributed by atoms with Gasteiger partial charge >= 0.3 is 6.09 Å². The number of hydrogen-bond donors (Lipinski definition) is 0. The molecule has 1 fully saturated rings. The van der Waals surface area contributed by atoms with Gasteiger partial charge in [0.15, 0.2) is 0 Å². The summed E-state index contributed by atoms with van der Waals surface area (Å²) < 4.78 is 5.33. The van der Waals surface area contributed by atoms with Gasteiger partial charge in [-0.25, -0.2) is 4.79 Å². The molecule has 4 heteroatoms. The van der Waals surface area contributed by atoms with Crippen molar-refractivity contribution in [3.63, 3.8) is 0 Å². The van der Waals surface area contributed by atoms with Gasteiger partial charge in [-0.2, -0.15) is 0 Å². The van der Waals surface area contributed by atoms with E-state index < -0.39 is 5.60 Å². The van der Waals surface area contributed by atoms with Crippen molar-refractivity contribution in [3.8, 4) is 0 Å². The molecule has 0 spiro atoms. The maximum Gasteiger partial charge on any atom is 0.410 e. The van der Waals surface area contributed by atoms with Crippen LogP contribution in [0.3, 0.4) is 0 Å². The van der Waals surface area contributed by atoms with Gasteiger partial charge in [-0.15, -0.1) is 0 Å². The summed E-state index contributed by atoms with van der Waals surface area (Å²) in [5, 5.41) is 0. The van der Waals surface area contributed by atoms with Crippen LogP contribution < -0.4 is 0 Å². The van der Waals surface area contributed by atoms with Crippen LogP contribution in [0.2, 0.25) is 0 Å². The first-order valence-electron chi connectivity index (χ1n) is 6.29. The summed E-state index contributed by atoms with van der Waals surface area (Å²) in [6.45, 7) is 8.84. The van der Waals surface area contributed by atoms with Crippen LogP contribution in [-0.4, -0.2) is 36.0 Å². The molecule has 1 saturated heterocycles. The highest BCUT2D eigenvalue weighted by molar-refractivity contribution is 5.69. The molecule has 1 aliphatic rings. The van der Waals surface area contributed by atoms with Gasteiger partial charge < -0.3 is 14.4 Å². The van der Waals surface area contributed by atoms with E-state index in [1.54, 1.807) is 4.90 Å². The van der Waals surface area contributed by atoms with Gasteiger partial charge in [-0.3, -0.25) is 0 Å². The molecule has 0 aliphatic carbocycles. The summed E-state index contributed by atoms with van der Waals surface area (Å²) in [6.07, 6.45) is 2.53. The number of likely N-dealkylation sites (tertiary alicyclic amines) is 1. The number of nitrogens with zero attached hydrogens (tertiary/aromatic N) is 1. The molecule has 4 nitrogen and oxygen atoms in total. The predicted molar refractivity (Wildman–Crippen MR) is 65.8 cm³/mol. The Morgan fingerprint density at radius 1 is 1.41 bits per heavy atom. The number of rotatable bonds is 2. The fourth-order valence-electron chi connectivity index (χ4n) is 2.12. The van der Waals surface area contributed by atoms with E-state index in [4.69, 9.17) is 4.74 Å². The Labute approximate surface area is 103 Å². The quantitative estimate of drug-likeness (QED) is 0.698. The van der Waals surface area contributed by atoms with E-state index in [9.17, 15) is 9.59 Å². The second-order valence-corrected chi connectivity index (χ2v) is 5.79. The third-order valence-corrected chi connectivity index (χ3v) is 2.99. The second-order valence-electron chi connectivity index (χ2n) is 5.79. The minimum Gasteiger partial charge on any atom is -0.444 e. The fraction of sp³-hybridized carbons (Fsp3) is 0.846. The fourth-order valence-corrected chi connectivity index (χ4v) is 2.12. The Morgan fingerprint density at radius 3 is 2.53 bits per heavy atom. The molecule has 0 aromatic carbocycles. The minimum atomic E-state index is -0.479. The van der Waals surface area contributed by atoms with Crippen molar-refractivity contribution >= 4 is 12.4 Å². The number of piperidine rings is 1. The lowest BCUT2D eigenvalue weighted by Crippen LogP contribution is -2.46. The normalized spacial score (nSPS) is 25.5. The zero-order chi connectivity index (χ0) is 13.1. The Bertz CT molecular complexity index is 283. The summed E-state index contributed by atoms with van der Waals surface area (Å²) in [4.78, 5) is 24.5. The first kappa shape index (κ1) is 14.0. The monoisotopic (exact) mass is 241 g/mol. The molecule has 2 unspecified atom stereocenters. The molecule has 0 aromatic heterocycles. The van der Waals surface area contributed by atoms with Gasteiger partial charge in [-0.1, -0.05) is 13.3 Å². The van der Waals surface area contributed by atoms with Crippen LogP contribution in [0.25, 0.3) is 0 Å². The summed E-state index contributed by atoms with van der Waals surface area (Å²) in [6, 6.07) is 0. The average molecular weight is 241 g/mol. The lowest BCUT2D eigenvalue weighted by atomic mass is 9.89. The van der Waals surface area contributed by atoms with E-state index in [0.29, 0.717) is 19.0 Å². The van der Waals surface area contributed by atoms with Gasteiger partial charge in [-0.05, 0) is 33.1 Å². The molecule has 0 radical (unpaired) electrons. The second kappa shape index (κ2) is 5.52. The molecule has 98 valence electrons. The van der Waals surface area contributed by atoms with Gasteiger partial charge in [0.2, 0.25) is 0 Å². The van der Waals surface area contributed by atoms with E-state index in [1.807, 2.05) is 20.8 Å². The number of amides is 1. The molecule has 0 bridgehead atoms. The Balaban J connectivity index is 2.62. The molecular formula is C13H23NO3. The van der Waals surface area contributed by atoms with E-state index >= 15 is 0 Å². The van der Waals surface area contributed by atoms with Crippen LogP contribution in [0, 0.1) is 11.8 Å². The van der Waals surface area contributed by atoms with Crippen LogP contribution in [0.15, 0.2) is 0 Å². The molecular weight excluding hydrogens is 218 g/mol. The topological polar surface area (TPSA) is 46.6 Å². The van der Waals surface area contributed by atoms with E-state index in [0.717, 1.165) is 19.1 Å². The third-order valence-electron chi connectivity index (χ3n) is 2.99. The van der Waals surface area contributed by atoms with Crippen LogP contribution in [0.1, 0.15) is 40.5 Å². The summed E-state index contributed by atoms with van der Waals surface area (Å²) in [5.41, 5.74) is -0.479. The summed E-state index contributed by atoms with van der Waals surface area (Å²) in [5.74, 6) is 0.368. The molecule has 1 aliphatic heterocycles. The number of carbonyl (C=O) groups excluding carboxylic acids is 2. The first-order valence-corrected chi connectivity index (χ1v) is 6.29. The zero-order valence-electron chi connectivity index (χ0n) is 11.2. The van der Waals surface area contributed by atoms with Crippen molar-refractivity contribution in [2.75, 3.05) is 13.1 Å². The maximum atomic E-state index is 11.9. The van der Waals surface area contributed by atoms with Crippen LogP contribution in [-0.2, 0) is 9.53 Å². The van der Waals surface area contributed by atoms with Crippen molar-refractivity contribution in [1.29, 1.82) is 0 Å². The molecule has 0 saturated carbocycles. The van der Waals surface area contributed by atoms with Crippen molar-refractivity contribution in [1.82, 2.24) is 4.90 Å². The van der Waals surface area contributed by atoms with E-state index in [1.165, 1.54) is 0 Å². The molecule has 1 heterocycles. The predicted octanol–water partition coefficient (Wildman–Crippen LogP) is 2.47. The Morgan fingerprint density at radius 2 is 2.06 bits per heavy atom. The van der Waals surface area contributed by atoms with Gasteiger partial charge in [0.1, 0.15) is 11.9 Å². The standard InChI is InChI=1S/C13H23NO3/c1-5-10-6-11(9-15)8-14(7-10)12(16)17-13(2,3)4/h9-11H,5-8H2,1-4H3. The summed E-state index contributed by atoms with van der Waals surface area (Å²) in [7, 11) is 0. The molecule has 17 heavy (non-hydrogen) atoms. The van der Waals surface area contributed by atoms with Gasteiger partial charge in [0, 0.05) is 19.0 Å². The molecule has 1 amide bonds. The van der Waals surface area contributed by atoms with E-state index in [-0.39, 0.29) is 12.0 Å². The van der Waals surface area contributed by atoms with Crippen LogP contribution in [0.5, 0.6) is 0 Å². The van der Waals surface area contributed by atoms with Crippen molar-refractivity contribution in [2.24, 2.45) is 11.8 Å². The highest BCUT2D eigenvalue weighted by Crippen LogP contribution is 2.24. The molecule has 2 atom stereocenters. The summed E-state index contributed by atoms with van der Waals surface area (Å²) >= 11 is 0. The number of aldehydes is 1. The van der Waals surface area contributed by atoms with Crippen molar-refractivity contribution in [2.45, 2.75) is 46.1 Å². The van der Waals surface area contributed by atoms with Gasteiger partial charge in [0.25, 0.3) is 0 Å². The SMILES string of the molecule is CCC1CC(C=O)CN(C(=O)OC(C)(C)C)C1. The van der Waals surface area contributed by atoms with Crippen molar-refractivity contribution < 1.29 is 14.3 Å². The Hall–Kier alpha value is -1.06. The lowest BCUT2D eigenvalue weighted by molar-refractivity contribution is -0.113. The highest BCUT2D eigenvalue weighted by Gasteiger charge is 2.31. The van der Waals surface area contributed by atoms with Gasteiger partial charge in [0.05, 0.1) is 0 Å². The van der Waals surface area contributed by atoms with E-state index in [2.05, 4.69) is 6.92 Å². The number of ether oxygens (including phenoxy) is 1. The smallest absolute Gasteiger partial charge is 0.410 e. The minimum absolute atomic E-state index is 0.0405. The molecule has 1 rings (SSSR count).